The van der Waals surface area contributed by atoms with Gasteiger partial charge in [-0.25, -0.2) is 0 Å². The monoisotopic (exact) mass is 294 g/mol. The van der Waals surface area contributed by atoms with Crippen LogP contribution in [0.25, 0.3) is 0 Å². The molecule has 0 N–H and O–H groups in total. The average molecular weight is 295 g/mol. The van der Waals surface area contributed by atoms with Gasteiger partial charge in [-0.2, -0.15) is 0 Å². The van der Waals surface area contributed by atoms with Crippen molar-refractivity contribution in [2.24, 2.45) is 0 Å². The van der Waals surface area contributed by atoms with Crippen LogP contribution in [-0.4, -0.2) is 0 Å². The van der Waals surface area contributed by atoms with Crippen LogP contribution in [0, 0.1) is 6.02 Å². The fourth-order valence-corrected chi connectivity index (χ4v) is 4.63. The highest BCUT2D eigenvalue weighted by molar-refractivity contribution is 14.1. The molecule has 0 aromatic carbocycles. The molecule has 0 nitrogen and oxygen atoms in total. The average Bonchev–Trinajstić information content (AvgIpc) is 1.85. The minimum Gasteiger partial charge on any atom is -0.105 e. The van der Waals surface area contributed by atoms with Gasteiger partial charge >= 0.3 is 0 Å². The lowest BCUT2D eigenvalue weighted by Crippen LogP contribution is -1.46. The van der Waals surface area contributed by atoms with Gasteiger partial charge in [0.1, 0.15) is 7.47 Å². The highest BCUT2D eigenvalue weighted by Crippen LogP contribution is 2.30. The highest BCUT2D eigenvalue weighted by Gasteiger charge is 1.97. The summed E-state index contributed by atoms with van der Waals surface area (Å²) < 4.78 is 2.82. The van der Waals surface area contributed by atoms with Gasteiger partial charge in [-0.1, -0.05) is 35.2 Å². The third kappa shape index (κ3) is 1.63. The molecule has 1 aromatic rings. The molecule has 0 saturated carbocycles. The number of rotatable bonds is 0. The van der Waals surface area contributed by atoms with Crippen molar-refractivity contribution in [3.8, 4) is 0 Å². The van der Waals surface area contributed by atoms with Crippen molar-refractivity contribution in [2.75, 3.05) is 0 Å². The van der Waals surface area contributed by atoms with Gasteiger partial charge in [-0.3, -0.25) is 0 Å². The Morgan fingerprint density at radius 2 is 2.12 bits per heavy atom. The van der Waals surface area contributed by atoms with E-state index in [2.05, 4.69) is 22.6 Å². The van der Waals surface area contributed by atoms with E-state index in [1.165, 1.54) is 11.3 Å². The molecule has 0 radical (unpaired) electrons. The molecule has 1 heterocycles. The first-order chi connectivity index (χ1) is 3.70. The lowest BCUT2D eigenvalue weighted by atomic mass is 11.1. The molecule has 0 spiro atoms. The maximum atomic E-state index is 5.68. The Bertz CT molecular complexity index is 214. The lowest BCUT2D eigenvalue weighted by Gasteiger charge is -1.72. The molecular weight excluding hydrogens is 295 g/mol. The van der Waals surface area contributed by atoms with Gasteiger partial charge in [0, 0.05) is 0 Å². The van der Waals surface area contributed by atoms with Crippen molar-refractivity contribution in [2.45, 2.75) is 0 Å². The number of hydrogen-bond donors (Lipinski definition) is 0. The molecule has 0 saturated heterocycles. The van der Waals surface area contributed by atoms with Gasteiger partial charge < -0.3 is 0 Å². The smallest absolute Gasteiger partial charge is 0.105 e. The topological polar surface area (TPSA) is 0 Å². The van der Waals surface area contributed by atoms with Gasteiger partial charge in [0.25, 0.3) is 0 Å². The largest absolute Gasteiger partial charge is 0.146 e. The second-order valence-corrected chi connectivity index (χ2v) is 6.64. The molecule has 0 amide bonds. The van der Waals surface area contributed by atoms with Gasteiger partial charge in [0.2, 0.25) is 0 Å². The normalized spacial score (nSPS) is 9.75. The fourth-order valence-electron chi connectivity index (χ4n) is 0.247. The summed E-state index contributed by atoms with van der Waals surface area (Å²) in [6.07, 6.45) is 0. The van der Waals surface area contributed by atoms with E-state index in [-0.39, 0.29) is 0 Å². The zero-order valence-electron chi connectivity index (χ0n) is 3.48. The molecule has 0 aliphatic heterocycles. The summed E-state index contributed by atoms with van der Waals surface area (Å²) in [6, 6.07) is 0. The standard InChI is InChI=1S/C3ClIS3/c4-1-2(5)8-3(6)7-1. The van der Waals surface area contributed by atoms with E-state index in [1.54, 1.807) is 11.3 Å². The molecule has 0 aliphatic rings. The predicted octanol–water partition coefficient (Wildman–Crippen LogP) is 3.80. The summed E-state index contributed by atoms with van der Waals surface area (Å²) >= 11 is 15.7. The Hall–Kier alpha value is 1.29. The van der Waals surface area contributed by atoms with Crippen LogP contribution >= 0.6 is 69.1 Å². The summed E-state index contributed by atoms with van der Waals surface area (Å²) in [5.74, 6) is 0. The van der Waals surface area contributed by atoms with Crippen LogP contribution in [0.3, 0.4) is 0 Å². The van der Waals surface area contributed by atoms with E-state index in [9.17, 15) is 0 Å². The molecule has 0 unspecified atom stereocenters. The first kappa shape index (κ1) is 7.40. The number of halogens is 2. The summed E-state index contributed by atoms with van der Waals surface area (Å²) in [7, 11) is 0. The molecule has 44 valence electrons. The predicted molar refractivity (Wildman–Crippen MR) is 50.8 cm³/mol. The maximum absolute atomic E-state index is 5.68. The highest BCUT2D eigenvalue weighted by atomic mass is 127. The zero-order valence-corrected chi connectivity index (χ0v) is 8.84. The minimum absolute atomic E-state index is 0.820. The Morgan fingerprint density at radius 1 is 1.50 bits per heavy atom. The zero-order chi connectivity index (χ0) is 6.15. The Labute approximate surface area is 78.6 Å². The second-order valence-electron chi connectivity index (χ2n) is 1.00. The quantitative estimate of drug-likeness (QED) is 0.518. The molecule has 1 rings (SSSR count). The summed E-state index contributed by atoms with van der Waals surface area (Å²) in [5.41, 5.74) is 0. The van der Waals surface area contributed by atoms with Crippen molar-refractivity contribution in [3.63, 3.8) is 0 Å². The summed E-state index contributed by atoms with van der Waals surface area (Å²) in [5, 5.41) is 0. The summed E-state index contributed by atoms with van der Waals surface area (Å²) in [6.45, 7) is 0. The van der Waals surface area contributed by atoms with E-state index in [1.807, 2.05) is 0 Å². The molecule has 0 atom stereocenters. The molecule has 1 aromatic heterocycles. The van der Waals surface area contributed by atoms with Gasteiger partial charge in [-0.05, 0) is 22.6 Å². The molecule has 8 heavy (non-hydrogen) atoms. The van der Waals surface area contributed by atoms with E-state index in [0.29, 0.717) is 0 Å². The van der Waals surface area contributed by atoms with Gasteiger partial charge in [0.05, 0.1) is 2.88 Å². The Balaban J connectivity index is 3.35. The van der Waals surface area contributed by atoms with Crippen molar-refractivity contribution in [1.82, 2.24) is 0 Å². The fraction of sp³-hybridized carbons (Fsp3) is 0. The molecule has 0 fully saturated rings. The SMILES string of the molecule is S=c1sc(Cl)c(I)s1. The van der Waals surface area contributed by atoms with E-state index in [0.717, 1.165) is 10.4 Å². The van der Waals surface area contributed by atoms with Gasteiger partial charge in [0.15, 0.2) is 0 Å². The first-order valence-corrected chi connectivity index (χ1v) is 5.15. The number of hydrogen-bond acceptors (Lipinski definition) is 3. The lowest BCUT2D eigenvalue weighted by molar-refractivity contribution is 2.18. The molecule has 5 heteroatoms. The van der Waals surface area contributed by atoms with Crippen LogP contribution < -0.4 is 0 Å². The second kappa shape index (κ2) is 2.92. The van der Waals surface area contributed by atoms with Crippen molar-refractivity contribution < 1.29 is 0 Å². The third-order valence-electron chi connectivity index (χ3n) is 0.500. The van der Waals surface area contributed by atoms with Crippen LogP contribution in [0.4, 0.5) is 0 Å². The molecule has 0 bridgehead atoms. The van der Waals surface area contributed by atoms with Crippen LogP contribution in [0.2, 0.25) is 4.34 Å². The summed E-state index contributed by atoms with van der Waals surface area (Å²) in [4.78, 5) is 0. The van der Waals surface area contributed by atoms with Crippen LogP contribution in [0.1, 0.15) is 0 Å². The van der Waals surface area contributed by atoms with Gasteiger partial charge in [-0.15, -0.1) is 11.3 Å². The maximum Gasteiger partial charge on any atom is 0.146 e. The Morgan fingerprint density at radius 3 is 2.25 bits per heavy atom. The van der Waals surface area contributed by atoms with Crippen molar-refractivity contribution in [1.29, 1.82) is 0 Å². The Kier molecular flexibility index (Phi) is 2.70. The van der Waals surface area contributed by atoms with Crippen LogP contribution in [0.5, 0.6) is 0 Å². The van der Waals surface area contributed by atoms with Crippen molar-refractivity contribution >= 4 is 69.1 Å². The van der Waals surface area contributed by atoms with Crippen molar-refractivity contribution in [3.05, 3.63) is 10.4 Å². The first-order valence-electron chi connectivity index (χ1n) is 1.65. The molecule has 0 aliphatic carbocycles. The molecular formula is C3ClIS3. The van der Waals surface area contributed by atoms with E-state index < -0.39 is 0 Å². The third-order valence-corrected chi connectivity index (χ3v) is 5.15. The van der Waals surface area contributed by atoms with Crippen LogP contribution in [-0.2, 0) is 0 Å². The van der Waals surface area contributed by atoms with E-state index >= 15 is 0 Å². The minimum atomic E-state index is 0.820. The van der Waals surface area contributed by atoms with Crippen LogP contribution in [0.15, 0.2) is 0 Å². The van der Waals surface area contributed by atoms with E-state index in [4.69, 9.17) is 23.8 Å².